The maximum absolute atomic E-state index is 13.1. The summed E-state index contributed by atoms with van der Waals surface area (Å²) in [5, 5.41) is 9.39. The molecular formula is C13H11F2NO2S. The Labute approximate surface area is 112 Å². The summed E-state index contributed by atoms with van der Waals surface area (Å²) in [6, 6.07) is 3.31. The van der Waals surface area contributed by atoms with Gasteiger partial charge in [-0.15, -0.1) is 11.3 Å². The van der Waals surface area contributed by atoms with E-state index in [9.17, 15) is 13.6 Å². The number of carboxylic acid groups (broad SMARTS) is 1. The molecule has 2 rings (SSSR count). The van der Waals surface area contributed by atoms with Crippen LogP contribution >= 0.6 is 11.3 Å². The molecule has 0 aliphatic carbocycles. The Morgan fingerprint density at radius 3 is 2.53 bits per heavy atom. The molecule has 0 unspecified atom stereocenters. The molecule has 0 aliphatic heterocycles. The van der Waals surface area contributed by atoms with Gasteiger partial charge < -0.3 is 5.11 Å². The normalized spacial score (nSPS) is 10.7. The van der Waals surface area contributed by atoms with Gasteiger partial charge >= 0.3 is 5.97 Å². The molecule has 0 spiro atoms. The minimum Gasteiger partial charge on any atom is -0.481 e. The van der Waals surface area contributed by atoms with E-state index in [1.807, 2.05) is 0 Å². The van der Waals surface area contributed by atoms with Crippen LogP contribution in [0.25, 0.3) is 0 Å². The van der Waals surface area contributed by atoms with E-state index >= 15 is 0 Å². The number of aryl methyl sites for hydroxylation is 1. The standard InChI is InChI=1S/C13H11F2NO2S/c1-7-11(6-13(17)18)19-12(16-7)4-8-2-9(14)5-10(15)3-8/h2-3,5H,4,6H2,1H3,(H,17,18). The smallest absolute Gasteiger partial charge is 0.308 e. The van der Waals surface area contributed by atoms with Crippen LogP contribution in [0.3, 0.4) is 0 Å². The third-order valence-corrected chi connectivity index (χ3v) is 3.68. The molecule has 1 aromatic heterocycles. The van der Waals surface area contributed by atoms with E-state index in [2.05, 4.69) is 4.98 Å². The minimum atomic E-state index is -0.921. The Hall–Kier alpha value is -1.82. The molecule has 1 aromatic carbocycles. The molecule has 2 aromatic rings. The topological polar surface area (TPSA) is 50.2 Å². The molecule has 0 radical (unpaired) electrons. The molecule has 3 nitrogen and oxygen atoms in total. The lowest BCUT2D eigenvalue weighted by Crippen LogP contribution is -1.99. The summed E-state index contributed by atoms with van der Waals surface area (Å²) >= 11 is 1.26. The van der Waals surface area contributed by atoms with Gasteiger partial charge in [-0.05, 0) is 24.6 Å². The van der Waals surface area contributed by atoms with Gasteiger partial charge in [0.2, 0.25) is 0 Å². The SMILES string of the molecule is Cc1nc(Cc2cc(F)cc(F)c2)sc1CC(=O)O. The van der Waals surface area contributed by atoms with Crippen molar-refractivity contribution in [1.82, 2.24) is 4.98 Å². The van der Waals surface area contributed by atoms with Crippen molar-refractivity contribution in [2.24, 2.45) is 0 Å². The number of thiazole rings is 1. The van der Waals surface area contributed by atoms with E-state index in [0.717, 1.165) is 6.07 Å². The number of hydrogen-bond acceptors (Lipinski definition) is 3. The number of aromatic nitrogens is 1. The molecule has 1 heterocycles. The van der Waals surface area contributed by atoms with Crippen LogP contribution in [-0.2, 0) is 17.6 Å². The van der Waals surface area contributed by atoms with E-state index in [4.69, 9.17) is 5.11 Å². The number of carboxylic acids is 1. The van der Waals surface area contributed by atoms with Gasteiger partial charge in [-0.25, -0.2) is 13.8 Å². The van der Waals surface area contributed by atoms with Crippen LogP contribution in [0.5, 0.6) is 0 Å². The number of rotatable bonds is 4. The van der Waals surface area contributed by atoms with Crippen molar-refractivity contribution in [2.75, 3.05) is 0 Å². The van der Waals surface area contributed by atoms with Crippen LogP contribution < -0.4 is 0 Å². The van der Waals surface area contributed by atoms with Crippen molar-refractivity contribution in [2.45, 2.75) is 19.8 Å². The second kappa shape index (κ2) is 5.44. The van der Waals surface area contributed by atoms with Gasteiger partial charge in [0.1, 0.15) is 11.6 Å². The van der Waals surface area contributed by atoms with Crippen molar-refractivity contribution in [1.29, 1.82) is 0 Å². The first-order valence-electron chi connectivity index (χ1n) is 5.56. The lowest BCUT2D eigenvalue weighted by molar-refractivity contribution is -0.136. The highest BCUT2D eigenvalue weighted by Crippen LogP contribution is 2.22. The predicted octanol–water partition coefficient (Wildman–Crippen LogP) is 2.95. The summed E-state index contributed by atoms with van der Waals surface area (Å²) in [6.07, 6.45) is 0.209. The first-order valence-corrected chi connectivity index (χ1v) is 6.37. The summed E-state index contributed by atoms with van der Waals surface area (Å²) in [4.78, 5) is 15.6. The molecule has 0 saturated carbocycles. The molecule has 0 saturated heterocycles. The third kappa shape index (κ3) is 3.57. The Morgan fingerprint density at radius 1 is 1.32 bits per heavy atom. The van der Waals surface area contributed by atoms with Crippen LogP contribution in [-0.4, -0.2) is 16.1 Å². The highest BCUT2D eigenvalue weighted by Gasteiger charge is 2.12. The Balaban J connectivity index is 2.21. The molecule has 1 N–H and O–H groups in total. The molecular weight excluding hydrogens is 272 g/mol. The second-order valence-electron chi connectivity index (χ2n) is 4.14. The zero-order chi connectivity index (χ0) is 14.0. The van der Waals surface area contributed by atoms with Crippen molar-refractivity contribution in [3.05, 3.63) is 51.0 Å². The highest BCUT2D eigenvalue weighted by atomic mass is 32.1. The zero-order valence-corrected chi connectivity index (χ0v) is 10.9. The van der Waals surface area contributed by atoms with Gasteiger partial charge in [-0.2, -0.15) is 0 Å². The second-order valence-corrected chi connectivity index (χ2v) is 5.31. The van der Waals surface area contributed by atoms with Crippen molar-refractivity contribution in [3.63, 3.8) is 0 Å². The number of hydrogen-bond donors (Lipinski definition) is 1. The van der Waals surface area contributed by atoms with Gasteiger partial charge in [0, 0.05) is 17.4 Å². The fraction of sp³-hybridized carbons (Fsp3) is 0.231. The summed E-state index contributed by atoms with van der Waals surface area (Å²) in [6.45, 7) is 1.73. The fourth-order valence-electron chi connectivity index (χ4n) is 1.75. The summed E-state index contributed by atoms with van der Waals surface area (Å²) in [7, 11) is 0. The Morgan fingerprint density at radius 2 is 1.95 bits per heavy atom. The lowest BCUT2D eigenvalue weighted by Gasteiger charge is -1.99. The zero-order valence-electron chi connectivity index (χ0n) is 10.1. The summed E-state index contributed by atoms with van der Waals surface area (Å²) in [5.74, 6) is -2.18. The first-order chi connectivity index (χ1) is 8.94. The van der Waals surface area contributed by atoms with Gasteiger partial charge in [-0.1, -0.05) is 0 Å². The van der Waals surface area contributed by atoms with E-state index < -0.39 is 17.6 Å². The van der Waals surface area contributed by atoms with E-state index in [1.165, 1.54) is 23.5 Å². The molecule has 0 aliphatic rings. The van der Waals surface area contributed by atoms with E-state index in [0.29, 0.717) is 27.6 Å². The largest absolute Gasteiger partial charge is 0.481 e. The van der Waals surface area contributed by atoms with Crippen molar-refractivity contribution in [3.8, 4) is 0 Å². The molecule has 0 fully saturated rings. The van der Waals surface area contributed by atoms with E-state index in [-0.39, 0.29) is 6.42 Å². The van der Waals surface area contributed by atoms with Crippen LogP contribution in [0, 0.1) is 18.6 Å². The summed E-state index contributed by atoms with van der Waals surface area (Å²) < 4.78 is 26.1. The average molecular weight is 283 g/mol. The quantitative estimate of drug-likeness (QED) is 0.938. The van der Waals surface area contributed by atoms with Crippen LogP contribution in [0.4, 0.5) is 8.78 Å². The number of carbonyl (C=O) groups is 1. The van der Waals surface area contributed by atoms with Gasteiger partial charge in [0.05, 0.1) is 17.1 Å². The lowest BCUT2D eigenvalue weighted by atomic mass is 10.1. The predicted molar refractivity (Wildman–Crippen MR) is 67.4 cm³/mol. The third-order valence-electron chi connectivity index (χ3n) is 2.53. The number of aliphatic carboxylic acids is 1. The maximum Gasteiger partial charge on any atom is 0.308 e. The molecule has 0 amide bonds. The molecule has 19 heavy (non-hydrogen) atoms. The number of halogens is 2. The van der Waals surface area contributed by atoms with Crippen LogP contribution in [0.1, 0.15) is 21.1 Å². The fourth-order valence-corrected chi connectivity index (χ4v) is 2.85. The first kappa shape index (κ1) is 13.6. The maximum atomic E-state index is 13.1. The number of nitrogens with zero attached hydrogens (tertiary/aromatic N) is 1. The van der Waals surface area contributed by atoms with Crippen LogP contribution in [0.2, 0.25) is 0 Å². The van der Waals surface area contributed by atoms with Crippen LogP contribution in [0.15, 0.2) is 18.2 Å². The Kier molecular flexibility index (Phi) is 3.90. The van der Waals surface area contributed by atoms with Gasteiger partial charge in [0.25, 0.3) is 0 Å². The monoisotopic (exact) mass is 283 g/mol. The summed E-state index contributed by atoms with van der Waals surface area (Å²) in [5.41, 5.74) is 1.13. The minimum absolute atomic E-state index is 0.0823. The van der Waals surface area contributed by atoms with Gasteiger partial charge in [-0.3, -0.25) is 4.79 Å². The molecule has 100 valence electrons. The Bertz CT molecular complexity index is 605. The molecule has 0 bridgehead atoms. The van der Waals surface area contributed by atoms with Crippen molar-refractivity contribution < 1.29 is 18.7 Å². The van der Waals surface area contributed by atoms with Gasteiger partial charge in [0.15, 0.2) is 0 Å². The number of benzene rings is 1. The highest BCUT2D eigenvalue weighted by molar-refractivity contribution is 7.11. The van der Waals surface area contributed by atoms with Crippen molar-refractivity contribution >= 4 is 17.3 Å². The molecule has 0 atom stereocenters. The van der Waals surface area contributed by atoms with E-state index in [1.54, 1.807) is 6.92 Å². The molecule has 6 heteroatoms. The average Bonchev–Trinajstić information content (AvgIpc) is 2.56.